The average molecular weight is 830 g/mol. The van der Waals surface area contributed by atoms with Crippen molar-refractivity contribution >= 4 is 70.4 Å². The number of benzene rings is 4. The monoisotopic (exact) mass is 828 g/mol. The van der Waals surface area contributed by atoms with Crippen molar-refractivity contribution in [1.82, 2.24) is 20.4 Å². The molecule has 16 heteroatoms. The molecule has 302 valence electrons. The molecular formula is C42H42Cl2N6O8. The molecule has 6 rings (SSSR count). The van der Waals surface area contributed by atoms with Gasteiger partial charge in [-0.25, -0.2) is 9.59 Å². The van der Waals surface area contributed by atoms with Gasteiger partial charge in [0.15, 0.2) is 0 Å². The second-order valence-corrected chi connectivity index (χ2v) is 14.5. The Bertz CT molecular complexity index is 2020. The van der Waals surface area contributed by atoms with Crippen molar-refractivity contribution in [3.8, 4) is 11.1 Å². The van der Waals surface area contributed by atoms with Gasteiger partial charge in [-0.2, -0.15) is 0 Å². The van der Waals surface area contributed by atoms with E-state index < -0.39 is 60.0 Å². The summed E-state index contributed by atoms with van der Waals surface area (Å²) in [5.74, 6) is -1.68. The first-order chi connectivity index (χ1) is 28.0. The predicted molar refractivity (Wildman–Crippen MR) is 218 cm³/mol. The molecule has 0 bridgehead atoms. The zero-order chi connectivity index (χ0) is 41.3. The molecule has 0 aliphatic carbocycles. The van der Waals surface area contributed by atoms with E-state index in [0.29, 0.717) is 72.4 Å². The summed E-state index contributed by atoms with van der Waals surface area (Å²) in [5.41, 5.74) is 3.04. The summed E-state index contributed by atoms with van der Waals surface area (Å²) >= 11 is 13.5. The number of nitrogens with zero attached hydrogens (tertiary/aromatic N) is 2. The number of likely N-dealkylation sites (tertiary alicyclic amines) is 2. The fourth-order valence-electron chi connectivity index (χ4n) is 7.23. The van der Waals surface area contributed by atoms with Crippen LogP contribution >= 0.6 is 23.2 Å². The number of carbonyl (C=O) groups is 6. The second kappa shape index (κ2) is 18.9. The number of amides is 6. The zero-order valence-electron chi connectivity index (χ0n) is 31.7. The topological polar surface area (TPSA) is 175 Å². The molecule has 0 radical (unpaired) electrons. The number of halogens is 2. The van der Waals surface area contributed by atoms with Crippen LogP contribution in [0.25, 0.3) is 11.1 Å². The van der Waals surface area contributed by atoms with Gasteiger partial charge in [0.1, 0.15) is 24.2 Å². The molecule has 0 spiro atoms. The number of carbonyl (C=O) groups excluding carboxylic acids is 6. The van der Waals surface area contributed by atoms with Gasteiger partial charge in [-0.3, -0.25) is 19.2 Å². The summed E-state index contributed by atoms with van der Waals surface area (Å²) < 4.78 is 9.49. The average Bonchev–Trinajstić information content (AvgIpc) is 3.94. The molecule has 0 aromatic heterocycles. The first-order valence-electron chi connectivity index (χ1n) is 18.6. The summed E-state index contributed by atoms with van der Waals surface area (Å²) in [7, 11) is 2.42. The fraction of sp³-hybridized carbons (Fsp3) is 0.286. The predicted octanol–water partition coefficient (Wildman–Crippen LogP) is 6.71. The smallest absolute Gasteiger partial charge is 0.407 e. The number of nitrogens with one attached hydrogen (secondary N) is 4. The highest BCUT2D eigenvalue weighted by atomic mass is 35.5. The maximum absolute atomic E-state index is 13.7. The third-order valence-corrected chi connectivity index (χ3v) is 10.7. The molecule has 14 nitrogen and oxygen atoms in total. The van der Waals surface area contributed by atoms with Crippen molar-refractivity contribution in [2.45, 2.75) is 49.9 Å². The number of alkyl carbamates (subject to hydrolysis) is 2. The minimum absolute atomic E-state index is 0.288. The van der Waals surface area contributed by atoms with Gasteiger partial charge < -0.3 is 40.5 Å². The van der Waals surface area contributed by atoms with Gasteiger partial charge in [0.05, 0.1) is 24.3 Å². The van der Waals surface area contributed by atoms with Crippen molar-refractivity contribution in [2.75, 3.05) is 37.9 Å². The Morgan fingerprint density at radius 3 is 1.31 bits per heavy atom. The lowest BCUT2D eigenvalue weighted by atomic mass is 10.0. The van der Waals surface area contributed by atoms with Crippen LogP contribution in [0.2, 0.25) is 10.0 Å². The second-order valence-electron chi connectivity index (χ2n) is 13.7. The third kappa shape index (κ3) is 9.52. The quantitative estimate of drug-likeness (QED) is 0.129. The maximum Gasteiger partial charge on any atom is 0.407 e. The Kier molecular flexibility index (Phi) is 13.5. The molecule has 4 N–H and O–H groups in total. The number of methoxy groups -OCH3 is 2. The largest absolute Gasteiger partial charge is 0.453 e. The van der Waals surface area contributed by atoms with Crippen LogP contribution in [0.5, 0.6) is 0 Å². The van der Waals surface area contributed by atoms with E-state index in [1.165, 1.54) is 24.0 Å². The Balaban J connectivity index is 1.11. The van der Waals surface area contributed by atoms with Crippen LogP contribution in [-0.2, 0) is 28.7 Å². The number of rotatable bonds is 11. The molecule has 4 atom stereocenters. The van der Waals surface area contributed by atoms with Gasteiger partial charge in [0.25, 0.3) is 11.8 Å². The molecule has 4 aromatic rings. The van der Waals surface area contributed by atoms with Gasteiger partial charge in [-0.05, 0) is 61.1 Å². The molecule has 2 aliphatic heterocycles. The minimum atomic E-state index is -1.05. The van der Waals surface area contributed by atoms with Crippen molar-refractivity contribution in [3.05, 3.63) is 118 Å². The zero-order valence-corrected chi connectivity index (χ0v) is 33.2. The van der Waals surface area contributed by atoms with Crippen LogP contribution in [0.15, 0.2) is 97.1 Å². The van der Waals surface area contributed by atoms with E-state index in [0.717, 1.165) is 0 Å². The molecule has 0 unspecified atom stereocenters. The standard InChI is InChI=1S/C42H42Cl2N6O8/c1-57-41(55)47-35(25-11-5-3-6-12-25)39(53)49-21-9-15-33(49)37(51)45-27-17-19-29(31(43)23-27)30-20-18-28(24-32(30)44)46-38(52)34-16-10-22-50(34)40(54)36(48-42(56)58-2)26-13-7-4-8-14-26/h3-8,11-14,17-20,23-24,33-36H,9-10,15-16,21-22H2,1-2H3,(H,45,51)(H,46,52)(H,47,55)(H,48,56)/t33-,34-,35+,36+/m0/s1. The summed E-state index contributed by atoms with van der Waals surface area (Å²) in [6, 6.07) is 23.7. The molecule has 2 fully saturated rings. The number of anilines is 2. The van der Waals surface area contributed by atoms with E-state index >= 15 is 0 Å². The van der Waals surface area contributed by atoms with E-state index in [4.69, 9.17) is 32.7 Å². The van der Waals surface area contributed by atoms with Gasteiger partial charge >= 0.3 is 12.2 Å². The lowest BCUT2D eigenvalue weighted by Gasteiger charge is -2.28. The summed E-state index contributed by atoms with van der Waals surface area (Å²) in [6.07, 6.45) is 0.503. The fourth-order valence-corrected chi connectivity index (χ4v) is 7.80. The van der Waals surface area contributed by atoms with E-state index in [1.54, 1.807) is 97.1 Å². The third-order valence-electron chi connectivity index (χ3n) is 10.1. The molecule has 58 heavy (non-hydrogen) atoms. The van der Waals surface area contributed by atoms with Gasteiger partial charge in [0, 0.05) is 35.6 Å². The summed E-state index contributed by atoms with van der Waals surface area (Å²) in [6.45, 7) is 0.663. The van der Waals surface area contributed by atoms with Crippen LogP contribution in [0.4, 0.5) is 21.0 Å². The highest BCUT2D eigenvalue weighted by Gasteiger charge is 2.40. The molecule has 2 saturated heterocycles. The van der Waals surface area contributed by atoms with Crippen LogP contribution < -0.4 is 21.3 Å². The van der Waals surface area contributed by atoms with Crippen molar-refractivity contribution in [2.24, 2.45) is 0 Å². The Morgan fingerprint density at radius 1 is 0.586 bits per heavy atom. The first kappa shape index (κ1) is 41.5. The number of ether oxygens (including phenoxy) is 2. The van der Waals surface area contributed by atoms with Crippen molar-refractivity contribution < 1.29 is 38.2 Å². The molecule has 2 heterocycles. The highest BCUT2D eigenvalue weighted by Crippen LogP contribution is 2.37. The highest BCUT2D eigenvalue weighted by molar-refractivity contribution is 6.37. The minimum Gasteiger partial charge on any atom is -0.453 e. The number of hydrogen-bond acceptors (Lipinski definition) is 8. The van der Waals surface area contributed by atoms with E-state index in [2.05, 4.69) is 21.3 Å². The summed E-state index contributed by atoms with van der Waals surface area (Å²) in [5, 5.41) is 11.5. The van der Waals surface area contributed by atoms with Gasteiger partial charge in [-0.1, -0.05) is 96.0 Å². The van der Waals surface area contributed by atoms with Crippen LogP contribution in [-0.4, -0.2) is 85.0 Å². The Morgan fingerprint density at radius 2 is 0.966 bits per heavy atom. The molecule has 2 aliphatic rings. The van der Waals surface area contributed by atoms with Gasteiger partial charge in [0.2, 0.25) is 11.8 Å². The van der Waals surface area contributed by atoms with Crippen LogP contribution in [0.3, 0.4) is 0 Å². The van der Waals surface area contributed by atoms with E-state index in [-0.39, 0.29) is 10.0 Å². The lowest BCUT2D eigenvalue weighted by molar-refractivity contribution is -0.138. The van der Waals surface area contributed by atoms with Gasteiger partial charge in [-0.15, -0.1) is 0 Å². The normalized spacial score (nSPS) is 17.1. The van der Waals surface area contributed by atoms with Crippen molar-refractivity contribution in [1.29, 1.82) is 0 Å². The Labute approximate surface area is 345 Å². The van der Waals surface area contributed by atoms with Crippen LogP contribution in [0.1, 0.15) is 48.9 Å². The number of hydrogen-bond donors (Lipinski definition) is 4. The molecule has 4 aromatic carbocycles. The van der Waals surface area contributed by atoms with Crippen molar-refractivity contribution in [3.63, 3.8) is 0 Å². The van der Waals surface area contributed by atoms with E-state index in [1.807, 2.05) is 0 Å². The first-order valence-corrected chi connectivity index (χ1v) is 19.4. The molecular weight excluding hydrogens is 787 g/mol. The van der Waals surface area contributed by atoms with E-state index in [9.17, 15) is 28.8 Å². The summed E-state index contributed by atoms with van der Waals surface area (Å²) in [4.78, 5) is 81.8. The Hall–Kier alpha value is -6.12. The molecule has 6 amide bonds. The lowest BCUT2D eigenvalue weighted by Crippen LogP contribution is -2.48. The maximum atomic E-state index is 13.7. The van der Waals surface area contributed by atoms with Crippen LogP contribution in [0, 0.1) is 0 Å². The SMILES string of the molecule is COC(=O)N[C@@H](C(=O)N1CCC[C@H]1C(=O)Nc1ccc(-c2ccc(NC(=O)[C@@H]3CCCN3C(=O)[C@H](NC(=O)OC)c3ccccc3)cc2Cl)c(Cl)c1)c1ccccc1. The molecule has 0 saturated carbocycles.